The van der Waals surface area contributed by atoms with Gasteiger partial charge in [-0.15, -0.1) is 0 Å². The topological polar surface area (TPSA) is 50.4 Å². The smallest absolute Gasteiger partial charge is 0.319 e. The molecule has 1 aromatic carbocycles. The number of hydrogen-bond donors (Lipinski definition) is 2. The van der Waals surface area contributed by atoms with Crippen LogP contribution < -0.4 is 15.4 Å². The largest absolute Gasteiger partial charge is 0.492 e. The maximum Gasteiger partial charge on any atom is 0.319 e. The molecule has 1 fully saturated rings. The molecule has 0 aromatic heterocycles. The van der Waals surface area contributed by atoms with Gasteiger partial charge >= 0.3 is 6.03 Å². The molecule has 1 aliphatic rings. The number of carbonyl (C=O) groups excluding carboxylic acids is 1. The van der Waals surface area contributed by atoms with Crippen LogP contribution in [0.5, 0.6) is 5.75 Å². The predicted molar refractivity (Wildman–Crippen MR) is 76.8 cm³/mol. The standard InChI is InChI=1S/C15H22N2O2/c1-3-19-14-10-11(2)8-9-13(14)17-15(18)16-12-6-4-5-7-12/h8-10,12H,3-7H2,1-2H3,(H2,16,17,18). The summed E-state index contributed by atoms with van der Waals surface area (Å²) in [4.78, 5) is 11.9. The lowest BCUT2D eigenvalue weighted by atomic mass is 10.2. The second-order valence-electron chi connectivity index (χ2n) is 5.01. The highest BCUT2D eigenvalue weighted by molar-refractivity contribution is 5.91. The molecule has 0 radical (unpaired) electrons. The Morgan fingerprint density at radius 2 is 2.11 bits per heavy atom. The van der Waals surface area contributed by atoms with Crippen molar-refractivity contribution >= 4 is 11.7 Å². The van der Waals surface area contributed by atoms with Crippen molar-refractivity contribution in [3.63, 3.8) is 0 Å². The zero-order valence-corrected chi connectivity index (χ0v) is 11.7. The highest BCUT2D eigenvalue weighted by atomic mass is 16.5. The Labute approximate surface area is 114 Å². The van der Waals surface area contributed by atoms with Crippen LogP contribution in [-0.4, -0.2) is 18.7 Å². The molecule has 0 aliphatic heterocycles. The zero-order valence-electron chi connectivity index (χ0n) is 11.7. The number of aryl methyl sites for hydroxylation is 1. The minimum Gasteiger partial charge on any atom is -0.492 e. The van der Waals surface area contributed by atoms with Crippen LogP contribution >= 0.6 is 0 Å². The highest BCUT2D eigenvalue weighted by Crippen LogP contribution is 2.26. The van der Waals surface area contributed by atoms with E-state index in [2.05, 4.69) is 10.6 Å². The molecule has 0 unspecified atom stereocenters. The number of amides is 2. The van der Waals surface area contributed by atoms with Crippen molar-refractivity contribution in [3.8, 4) is 5.75 Å². The van der Waals surface area contributed by atoms with Gasteiger partial charge in [0, 0.05) is 6.04 Å². The summed E-state index contributed by atoms with van der Waals surface area (Å²) in [5.41, 5.74) is 1.84. The van der Waals surface area contributed by atoms with Crippen molar-refractivity contribution < 1.29 is 9.53 Å². The van der Waals surface area contributed by atoms with Gasteiger partial charge in [0.15, 0.2) is 0 Å². The van der Waals surface area contributed by atoms with Gasteiger partial charge in [0.2, 0.25) is 0 Å². The number of rotatable bonds is 4. The second kappa shape index (κ2) is 6.45. The van der Waals surface area contributed by atoms with Crippen molar-refractivity contribution in [2.45, 2.75) is 45.6 Å². The summed E-state index contributed by atoms with van der Waals surface area (Å²) in [6.07, 6.45) is 4.58. The monoisotopic (exact) mass is 262 g/mol. The molecule has 2 N–H and O–H groups in total. The first-order valence-corrected chi connectivity index (χ1v) is 7.00. The third-order valence-corrected chi connectivity index (χ3v) is 3.38. The lowest BCUT2D eigenvalue weighted by Crippen LogP contribution is -2.36. The van der Waals surface area contributed by atoms with E-state index in [-0.39, 0.29) is 6.03 Å². The van der Waals surface area contributed by atoms with Gasteiger partial charge in [-0.1, -0.05) is 18.9 Å². The van der Waals surface area contributed by atoms with Gasteiger partial charge in [0.05, 0.1) is 12.3 Å². The fourth-order valence-corrected chi connectivity index (χ4v) is 2.42. The van der Waals surface area contributed by atoms with Crippen molar-refractivity contribution in [2.75, 3.05) is 11.9 Å². The Morgan fingerprint density at radius 3 is 2.79 bits per heavy atom. The third-order valence-electron chi connectivity index (χ3n) is 3.38. The van der Waals surface area contributed by atoms with E-state index in [0.29, 0.717) is 12.6 Å². The lowest BCUT2D eigenvalue weighted by Gasteiger charge is -2.15. The molecule has 0 heterocycles. The molecule has 104 valence electrons. The van der Waals surface area contributed by atoms with E-state index >= 15 is 0 Å². The first-order chi connectivity index (χ1) is 9.19. The number of hydrogen-bond acceptors (Lipinski definition) is 2. The first-order valence-electron chi connectivity index (χ1n) is 7.00. The summed E-state index contributed by atoms with van der Waals surface area (Å²) >= 11 is 0. The third kappa shape index (κ3) is 3.88. The van der Waals surface area contributed by atoms with Crippen molar-refractivity contribution in [1.82, 2.24) is 5.32 Å². The van der Waals surface area contributed by atoms with Crippen LogP contribution in [0.4, 0.5) is 10.5 Å². The summed E-state index contributed by atoms with van der Waals surface area (Å²) in [6, 6.07) is 5.97. The predicted octanol–water partition coefficient (Wildman–Crippen LogP) is 3.46. The van der Waals surface area contributed by atoms with Gasteiger partial charge in [0.1, 0.15) is 5.75 Å². The molecule has 1 aromatic rings. The summed E-state index contributed by atoms with van der Waals surface area (Å²) in [7, 11) is 0. The van der Waals surface area contributed by atoms with E-state index in [4.69, 9.17) is 4.74 Å². The Bertz CT molecular complexity index is 440. The molecule has 0 saturated heterocycles. The van der Waals surface area contributed by atoms with Gasteiger partial charge < -0.3 is 15.4 Å². The minimum atomic E-state index is -0.142. The van der Waals surface area contributed by atoms with E-state index in [1.165, 1.54) is 12.8 Å². The molecule has 1 aliphatic carbocycles. The van der Waals surface area contributed by atoms with Crippen LogP contribution in [0.3, 0.4) is 0 Å². The molecule has 4 nitrogen and oxygen atoms in total. The number of benzene rings is 1. The van der Waals surface area contributed by atoms with Crippen LogP contribution in [-0.2, 0) is 0 Å². The highest BCUT2D eigenvalue weighted by Gasteiger charge is 2.17. The van der Waals surface area contributed by atoms with E-state index in [0.717, 1.165) is 29.8 Å². The average Bonchev–Trinajstić information content (AvgIpc) is 2.86. The molecular weight excluding hydrogens is 240 g/mol. The van der Waals surface area contributed by atoms with Crippen LogP contribution in [0.25, 0.3) is 0 Å². The Balaban J connectivity index is 1.98. The quantitative estimate of drug-likeness (QED) is 0.873. The van der Waals surface area contributed by atoms with Crippen LogP contribution in [0, 0.1) is 6.92 Å². The summed E-state index contributed by atoms with van der Waals surface area (Å²) < 4.78 is 5.55. The number of urea groups is 1. The lowest BCUT2D eigenvalue weighted by molar-refractivity contribution is 0.248. The molecule has 2 rings (SSSR count). The van der Waals surface area contributed by atoms with E-state index in [9.17, 15) is 4.79 Å². The maximum absolute atomic E-state index is 11.9. The molecule has 19 heavy (non-hydrogen) atoms. The average molecular weight is 262 g/mol. The summed E-state index contributed by atoms with van der Waals surface area (Å²) in [5, 5.41) is 5.88. The number of nitrogens with one attached hydrogen (secondary N) is 2. The minimum absolute atomic E-state index is 0.142. The molecule has 0 spiro atoms. The van der Waals surface area contributed by atoms with E-state index in [1.807, 2.05) is 32.0 Å². The number of carbonyl (C=O) groups is 1. The molecule has 4 heteroatoms. The van der Waals surface area contributed by atoms with Crippen LogP contribution in [0.15, 0.2) is 18.2 Å². The fourth-order valence-electron chi connectivity index (χ4n) is 2.42. The SMILES string of the molecule is CCOc1cc(C)ccc1NC(=O)NC1CCCC1. The Hall–Kier alpha value is -1.71. The van der Waals surface area contributed by atoms with Crippen molar-refractivity contribution in [2.24, 2.45) is 0 Å². The summed E-state index contributed by atoms with van der Waals surface area (Å²) in [6.45, 7) is 4.53. The van der Waals surface area contributed by atoms with Crippen LogP contribution in [0.1, 0.15) is 38.2 Å². The van der Waals surface area contributed by atoms with E-state index in [1.54, 1.807) is 0 Å². The molecule has 1 saturated carbocycles. The van der Waals surface area contributed by atoms with Crippen molar-refractivity contribution in [1.29, 1.82) is 0 Å². The Kier molecular flexibility index (Phi) is 4.66. The van der Waals surface area contributed by atoms with Gasteiger partial charge in [-0.05, 0) is 44.4 Å². The second-order valence-corrected chi connectivity index (χ2v) is 5.01. The van der Waals surface area contributed by atoms with Crippen LogP contribution in [0.2, 0.25) is 0 Å². The normalized spacial score (nSPS) is 15.3. The Morgan fingerprint density at radius 1 is 1.37 bits per heavy atom. The summed E-state index contributed by atoms with van der Waals surface area (Å²) in [5.74, 6) is 0.726. The molecule has 0 atom stereocenters. The van der Waals surface area contributed by atoms with Gasteiger partial charge in [-0.2, -0.15) is 0 Å². The van der Waals surface area contributed by atoms with Gasteiger partial charge in [0.25, 0.3) is 0 Å². The zero-order chi connectivity index (χ0) is 13.7. The van der Waals surface area contributed by atoms with Crippen molar-refractivity contribution in [3.05, 3.63) is 23.8 Å². The molecule has 2 amide bonds. The fraction of sp³-hybridized carbons (Fsp3) is 0.533. The van der Waals surface area contributed by atoms with Gasteiger partial charge in [-0.25, -0.2) is 4.79 Å². The first kappa shape index (κ1) is 13.7. The molecular formula is C15H22N2O2. The number of anilines is 1. The van der Waals surface area contributed by atoms with E-state index < -0.39 is 0 Å². The molecule has 0 bridgehead atoms. The maximum atomic E-state index is 11.9. The number of ether oxygens (including phenoxy) is 1. The van der Waals surface area contributed by atoms with Gasteiger partial charge in [-0.3, -0.25) is 0 Å².